The van der Waals surface area contributed by atoms with Crippen LogP contribution >= 0.6 is 11.6 Å². The highest BCUT2D eigenvalue weighted by molar-refractivity contribution is 6.30. The minimum atomic E-state index is -0.744. The second-order valence-corrected chi connectivity index (χ2v) is 7.95. The first kappa shape index (κ1) is 26.4. The van der Waals surface area contributed by atoms with E-state index in [-0.39, 0.29) is 12.6 Å². The highest BCUT2D eigenvalue weighted by Gasteiger charge is 2.19. The van der Waals surface area contributed by atoms with Crippen LogP contribution in [-0.2, 0) is 25.5 Å². The number of carbonyl (C=O) groups is 2. The van der Waals surface area contributed by atoms with E-state index in [4.69, 9.17) is 16.3 Å². The van der Waals surface area contributed by atoms with Gasteiger partial charge in [0, 0.05) is 30.2 Å². The van der Waals surface area contributed by atoms with Gasteiger partial charge in [-0.25, -0.2) is 9.59 Å². The van der Waals surface area contributed by atoms with Crippen LogP contribution in [0.25, 0.3) is 0 Å². The zero-order chi connectivity index (χ0) is 24.2. The Kier molecular flexibility index (Phi) is 10.9. The fourth-order valence-corrected chi connectivity index (χ4v) is 3.42. The van der Waals surface area contributed by atoms with Crippen molar-refractivity contribution >= 4 is 23.5 Å². The van der Waals surface area contributed by atoms with Gasteiger partial charge in [0.1, 0.15) is 5.75 Å². The number of ether oxygens (including phenoxy) is 3. The molecule has 0 saturated carbocycles. The molecule has 1 N–H and O–H groups in total. The third kappa shape index (κ3) is 9.26. The molecule has 2 atom stereocenters. The second-order valence-electron chi connectivity index (χ2n) is 7.51. The summed E-state index contributed by atoms with van der Waals surface area (Å²) in [5.74, 6) is -0.298. The highest BCUT2D eigenvalue weighted by Crippen LogP contribution is 2.21. The maximum atomic E-state index is 11.4. The lowest BCUT2D eigenvalue weighted by Crippen LogP contribution is -2.38. The Labute approximate surface area is 199 Å². The molecule has 0 saturated heterocycles. The smallest absolute Gasteiger partial charge is 0.343 e. The number of benzene rings is 2. The lowest BCUT2D eigenvalue weighted by molar-refractivity contribution is -0.143. The standard InChI is InChI=1S/C25H30ClNO6/c1-18(14-19-9-11-22(12-10-19)33-17-25(30)32-3)27(13-5-8-24(29)31-2)16-23(28)20-6-4-7-21(26)15-20/h4-12,15,18,23,28H,13-14,16-17H2,1-3H3/b8-5+/t18?,23-/m1/s1. The van der Waals surface area contributed by atoms with E-state index in [0.29, 0.717) is 30.3 Å². The normalized spacial score (nSPS) is 13.0. The number of methoxy groups -OCH3 is 2. The van der Waals surface area contributed by atoms with Crippen molar-refractivity contribution < 1.29 is 28.9 Å². The molecule has 33 heavy (non-hydrogen) atoms. The number of hydrogen-bond acceptors (Lipinski definition) is 7. The van der Waals surface area contributed by atoms with Crippen LogP contribution in [0.5, 0.6) is 5.75 Å². The summed E-state index contributed by atoms with van der Waals surface area (Å²) >= 11 is 6.07. The molecule has 0 aromatic heterocycles. The zero-order valence-corrected chi connectivity index (χ0v) is 19.8. The summed E-state index contributed by atoms with van der Waals surface area (Å²) in [6.07, 6.45) is 3.05. The minimum absolute atomic E-state index is 0.0444. The Morgan fingerprint density at radius 3 is 2.48 bits per heavy atom. The maximum absolute atomic E-state index is 11.4. The van der Waals surface area contributed by atoms with Crippen molar-refractivity contribution in [3.63, 3.8) is 0 Å². The number of halogens is 1. The number of aliphatic hydroxyl groups is 1. The Morgan fingerprint density at radius 1 is 1.12 bits per heavy atom. The molecule has 0 radical (unpaired) electrons. The SMILES string of the molecule is COC(=O)/C=C/CN(C[C@@H](O)c1cccc(Cl)c1)C(C)Cc1ccc(OCC(=O)OC)cc1. The molecule has 8 heteroatoms. The van der Waals surface area contributed by atoms with E-state index in [0.717, 1.165) is 11.1 Å². The predicted molar refractivity (Wildman–Crippen MR) is 126 cm³/mol. The molecule has 2 aromatic rings. The van der Waals surface area contributed by atoms with E-state index in [1.807, 2.05) is 18.2 Å². The summed E-state index contributed by atoms with van der Waals surface area (Å²) in [4.78, 5) is 24.7. The topological polar surface area (TPSA) is 85.3 Å². The Bertz CT molecular complexity index is 931. The van der Waals surface area contributed by atoms with Crippen molar-refractivity contribution in [2.45, 2.75) is 25.5 Å². The third-order valence-electron chi connectivity index (χ3n) is 5.10. The lowest BCUT2D eigenvalue weighted by atomic mass is 10.0. The van der Waals surface area contributed by atoms with Gasteiger partial charge >= 0.3 is 11.9 Å². The molecule has 0 amide bonds. The quantitative estimate of drug-likeness (QED) is 0.371. The van der Waals surface area contributed by atoms with E-state index >= 15 is 0 Å². The van der Waals surface area contributed by atoms with E-state index in [2.05, 4.69) is 21.3 Å². The van der Waals surface area contributed by atoms with Crippen molar-refractivity contribution in [2.24, 2.45) is 0 Å². The molecule has 0 aliphatic heterocycles. The number of hydrogen-bond donors (Lipinski definition) is 1. The van der Waals surface area contributed by atoms with E-state index in [9.17, 15) is 14.7 Å². The van der Waals surface area contributed by atoms with Crippen LogP contribution in [0.1, 0.15) is 24.2 Å². The molecule has 7 nitrogen and oxygen atoms in total. The molecule has 2 rings (SSSR count). The minimum Gasteiger partial charge on any atom is -0.482 e. The first-order valence-corrected chi connectivity index (χ1v) is 10.9. The first-order chi connectivity index (χ1) is 15.8. The number of carbonyl (C=O) groups excluding carboxylic acids is 2. The Hall–Kier alpha value is -2.87. The summed E-state index contributed by atoms with van der Waals surface area (Å²) in [5, 5.41) is 11.3. The predicted octanol–water partition coefficient (Wildman–Crippen LogP) is 3.59. The number of rotatable bonds is 12. The molecule has 2 aromatic carbocycles. The van der Waals surface area contributed by atoms with Crippen molar-refractivity contribution in [3.05, 3.63) is 76.8 Å². The Balaban J connectivity index is 2.06. The molecule has 0 aliphatic carbocycles. The molecule has 0 fully saturated rings. The van der Waals surface area contributed by atoms with E-state index in [1.165, 1.54) is 20.3 Å². The Morgan fingerprint density at radius 2 is 1.85 bits per heavy atom. The fraction of sp³-hybridized carbons (Fsp3) is 0.360. The second kappa shape index (κ2) is 13.6. The first-order valence-electron chi connectivity index (χ1n) is 10.5. The summed E-state index contributed by atoms with van der Waals surface area (Å²) in [6.45, 7) is 2.72. The van der Waals surface area contributed by atoms with Gasteiger partial charge in [-0.3, -0.25) is 4.90 Å². The van der Waals surface area contributed by atoms with Gasteiger partial charge in [0.2, 0.25) is 0 Å². The molecule has 0 aliphatic rings. The molecule has 1 unspecified atom stereocenters. The summed E-state index contributed by atoms with van der Waals surface area (Å²) < 4.78 is 14.6. The van der Waals surface area contributed by atoms with Gasteiger partial charge in [0.15, 0.2) is 6.61 Å². The van der Waals surface area contributed by atoms with Crippen molar-refractivity contribution in [1.29, 1.82) is 0 Å². The summed E-state index contributed by atoms with van der Waals surface area (Å²) in [5.41, 5.74) is 1.79. The van der Waals surface area contributed by atoms with Gasteiger partial charge in [-0.1, -0.05) is 41.9 Å². The van der Waals surface area contributed by atoms with Gasteiger partial charge < -0.3 is 19.3 Å². The van der Waals surface area contributed by atoms with Crippen LogP contribution in [0.15, 0.2) is 60.7 Å². The number of esters is 2. The summed E-state index contributed by atoms with van der Waals surface area (Å²) in [7, 11) is 2.64. The molecule has 0 spiro atoms. The van der Waals surface area contributed by atoms with Gasteiger partial charge in [0.25, 0.3) is 0 Å². The maximum Gasteiger partial charge on any atom is 0.343 e. The van der Waals surface area contributed by atoms with Crippen LogP contribution < -0.4 is 4.74 Å². The van der Waals surface area contributed by atoms with Crippen molar-refractivity contribution in [2.75, 3.05) is 33.9 Å². The summed E-state index contributed by atoms with van der Waals surface area (Å²) in [6, 6.07) is 14.6. The van der Waals surface area contributed by atoms with Crippen LogP contribution in [0.4, 0.5) is 0 Å². The monoisotopic (exact) mass is 475 g/mol. The molecular weight excluding hydrogens is 446 g/mol. The van der Waals surface area contributed by atoms with Gasteiger partial charge in [-0.15, -0.1) is 0 Å². The van der Waals surface area contributed by atoms with E-state index < -0.39 is 18.0 Å². The largest absolute Gasteiger partial charge is 0.482 e. The zero-order valence-electron chi connectivity index (χ0n) is 19.1. The van der Waals surface area contributed by atoms with Crippen LogP contribution in [0, 0.1) is 0 Å². The van der Waals surface area contributed by atoms with Gasteiger partial charge in [-0.2, -0.15) is 0 Å². The number of nitrogens with zero attached hydrogens (tertiary/aromatic N) is 1. The van der Waals surface area contributed by atoms with Crippen LogP contribution in [0.2, 0.25) is 5.02 Å². The number of aliphatic hydroxyl groups excluding tert-OH is 1. The lowest BCUT2D eigenvalue weighted by Gasteiger charge is -2.30. The van der Waals surface area contributed by atoms with Crippen LogP contribution in [-0.4, -0.2) is 61.9 Å². The molecule has 0 bridgehead atoms. The molecule has 0 heterocycles. The fourth-order valence-electron chi connectivity index (χ4n) is 3.22. The van der Waals surface area contributed by atoms with Crippen molar-refractivity contribution in [1.82, 2.24) is 4.90 Å². The highest BCUT2D eigenvalue weighted by atomic mass is 35.5. The van der Waals surface area contributed by atoms with Crippen molar-refractivity contribution in [3.8, 4) is 5.75 Å². The van der Waals surface area contributed by atoms with E-state index in [1.54, 1.807) is 36.4 Å². The van der Waals surface area contributed by atoms with Gasteiger partial charge in [-0.05, 0) is 48.7 Å². The molecule has 178 valence electrons. The average molecular weight is 476 g/mol. The average Bonchev–Trinajstić information content (AvgIpc) is 2.82. The van der Waals surface area contributed by atoms with Crippen LogP contribution in [0.3, 0.4) is 0 Å². The van der Waals surface area contributed by atoms with Gasteiger partial charge in [0.05, 0.1) is 20.3 Å². The third-order valence-corrected chi connectivity index (χ3v) is 5.33. The molecular formula is C25H30ClNO6.